The van der Waals surface area contributed by atoms with Crippen molar-refractivity contribution in [3.8, 4) is 0 Å². The van der Waals surface area contributed by atoms with Gasteiger partial charge in [0.2, 0.25) is 5.95 Å². The third kappa shape index (κ3) is 2.95. The molecule has 0 radical (unpaired) electrons. The van der Waals surface area contributed by atoms with E-state index in [1.807, 2.05) is 0 Å². The molecule has 0 aliphatic rings. The lowest BCUT2D eigenvalue weighted by Gasteiger charge is -2.05. The quantitative estimate of drug-likeness (QED) is 0.643. The van der Waals surface area contributed by atoms with Gasteiger partial charge in [0, 0.05) is 16.9 Å². The van der Waals surface area contributed by atoms with Crippen molar-refractivity contribution in [1.29, 1.82) is 0 Å². The van der Waals surface area contributed by atoms with Crippen molar-refractivity contribution in [1.82, 2.24) is 9.97 Å². The predicted molar refractivity (Wildman–Crippen MR) is 70.6 cm³/mol. The number of aryl methyl sites for hydroxylation is 1. The van der Waals surface area contributed by atoms with Crippen molar-refractivity contribution >= 4 is 29.1 Å². The molecule has 0 saturated carbocycles. The molecule has 0 aliphatic heterocycles. The number of amides is 1. The Balaban J connectivity index is 2.21. The number of nitrogens with two attached hydrogens (primary N) is 1. The molecular formula is C12H11ClN4O. The van der Waals surface area contributed by atoms with Crippen LogP contribution in [-0.2, 0) is 0 Å². The standard InChI is InChI=1S/C12H11ClN4O/c1-7-5-10(13)16-12(15-7)17-11(18)8-3-2-4-9(14)6-8/h2-6H,14H2,1H3,(H,15,16,17,18). The van der Waals surface area contributed by atoms with Crippen molar-refractivity contribution in [2.45, 2.75) is 6.92 Å². The van der Waals surface area contributed by atoms with Crippen molar-refractivity contribution < 1.29 is 4.79 Å². The summed E-state index contributed by atoms with van der Waals surface area (Å²) in [5.41, 5.74) is 7.24. The lowest BCUT2D eigenvalue weighted by atomic mass is 10.2. The van der Waals surface area contributed by atoms with E-state index in [0.717, 1.165) is 0 Å². The molecule has 0 atom stereocenters. The van der Waals surface area contributed by atoms with E-state index >= 15 is 0 Å². The van der Waals surface area contributed by atoms with Crippen LogP contribution in [0.3, 0.4) is 0 Å². The highest BCUT2D eigenvalue weighted by Crippen LogP contribution is 2.12. The molecule has 0 saturated heterocycles. The highest BCUT2D eigenvalue weighted by Gasteiger charge is 2.08. The number of aromatic nitrogens is 2. The van der Waals surface area contributed by atoms with Gasteiger partial charge in [0.1, 0.15) is 5.15 Å². The second-order valence-electron chi connectivity index (χ2n) is 3.74. The minimum absolute atomic E-state index is 0.174. The summed E-state index contributed by atoms with van der Waals surface area (Å²) in [5, 5.41) is 2.85. The fourth-order valence-electron chi connectivity index (χ4n) is 1.44. The number of nitrogen functional groups attached to an aromatic ring is 1. The van der Waals surface area contributed by atoms with Gasteiger partial charge in [-0.3, -0.25) is 10.1 Å². The van der Waals surface area contributed by atoms with E-state index in [1.165, 1.54) is 0 Å². The van der Waals surface area contributed by atoms with Gasteiger partial charge < -0.3 is 5.73 Å². The number of hydrogen-bond acceptors (Lipinski definition) is 4. The molecule has 0 fully saturated rings. The Bertz CT molecular complexity index is 580. The first-order chi connectivity index (χ1) is 8.54. The third-order valence-electron chi connectivity index (χ3n) is 2.20. The molecule has 18 heavy (non-hydrogen) atoms. The second kappa shape index (κ2) is 5.01. The van der Waals surface area contributed by atoms with Crippen molar-refractivity contribution in [3.05, 3.63) is 46.7 Å². The smallest absolute Gasteiger partial charge is 0.258 e. The van der Waals surface area contributed by atoms with E-state index in [0.29, 0.717) is 16.9 Å². The van der Waals surface area contributed by atoms with Gasteiger partial charge in [0.15, 0.2) is 0 Å². The maximum Gasteiger partial charge on any atom is 0.258 e. The number of rotatable bonds is 2. The molecule has 2 aromatic rings. The van der Waals surface area contributed by atoms with Crippen molar-refractivity contribution in [3.63, 3.8) is 0 Å². The summed E-state index contributed by atoms with van der Waals surface area (Å²) in [6.07, 6.45) is 0. The number of nitrogens with one attached hydrogen (secondary N) is 1. The van der Waals surface area contributed by atoms with Gasteiger partial charge in [-0.2, -0.15) is 0 Å². The normalized spacial score (nSPS) is 10.1. The molecule has 5 nitrogen and oxygen atoms in total. The number of carbonyl (C=O) groups excluding carboxylic acids is 1. The highest BCUT2D eigenvalue weighted by molar-refractivity contribution is 6.29. The molecular weight excluding hydrogens is 252 g/mol. The lowest BCUT2D eigenvalue weighted by Crippen LogP contribution is -2.14. The van der Waals surface area contributed by atoms with Gasteiger partial charge in [-0.25, -0.2) is 9.97 Å². The Kier molecular flexibility index (Phi) is 3.43. The average molecular weight is 263 g/mol. The van der Waals surface area contributed by atoms with Gasteiger partial charge in [-0.1, -0.05) is 17.7 Å². The summed E-state index contributed by atoms with van der Waals surface area (Å²) in [4.78, 5) is 19.9. The van der Waals surface area contributed by atoms with Gasteiger partial charge in [0.05, 0.1) is 0 Å². The van der Waals surface area contributed by atoms with Gasteiger partial charge in [-0.15, -0.1) is 0 Å². The van der Waals surface area contributed by atoms with Crippen molar-refractivity contribution in [2.24, 2.45) is 0 Å². The Labute approximate surface area is 109 Å². The van der Waals surface area contributed by atoms with Crippen molar-refractivity contribution in [2.75, 3.05) is 11.1 Å². The van der Waals surface area contributed by atoms with E-state index in [2.05, 4.69) is 15.3 Å². The third-order valence-corrected chi connectivity index (χ3v) is 2.39. The zero-order chi connectivity index (χ0) is 13.1. The molecule has 1 amide bonds. The monoisotopic (exact) mass is 262 g/mol. The van der Waals surface area contributed by atoms with Gasteiger partial charge >= 0.3 is 0 Å². The topological polar surface area (TPSA) is 80.9 Å². The lowest BCUT2D eigenvalue weighted by molar-refractivity contribution is 0.102. The largest absolute Gasteiger partial charge is 0.399 e. The van der Waals surface area contributed by atoms with E-state index < -0.39 is 0 Å². The van der Waals surface area contributed by atoms with Crippen LogP contribution in [0.1, 0.15) is 16.1 Å². The maximum atomic E-state index is 11.9. The van der Waals surface area contributed by atoms with E-state index in [-0.39, 0.29) is 17.0 Å². The Morgan fingerprint density at radius 3 is 2.78 bits per heavy atom. The summed E-state index contributed by atoms with van der Waals surface area (Å²) >= 11 is 5.78. The summed E-state index contributed by atoms with van der Waals surface area (Å²) < 4.78 is 0. The average Bonchev–Trinajstić information content (AvgIpc) is 2.27. The Morgan fingerprint density at radius 1 is 1.33 bits per heavy atom. The molecule has 0 aliphatic carbocycles. The SMILES string of the molecule is Cc1cc(Cl)nc(NC(=O)c2cccc(N)c2)n1. The van der Waals surface area contributed by atoms with Crippen LogP contribution >= 0.6 is 11.6 Å². The number of anilines is 2. The Morgan fingerprint density at radius 2 is 2.11 bits per heavy atom. The summed E-state index contributed by atoms with van der Waals surface area (Å²) in [6, 6.07) is 8.25. The fourth-order valence-corrected chi connectivity index (χ4v) is 1.68. The number of nitrogens with zero attached hydrogens (tertiary/aromatic N) is 2. The minimum atomic E-state index is -0.330. The Hall–Kier alpha value is -2.14. The molecule has 92 valence electrons. The van der Waals surface area contributed by atoms with Crippen LogP contribution in [-0.4, -0.2) is 15.9 Å². The van der Waals surface area contributed by atoms with Crippen LogP contribution in [0.2, 0.25) is 5.15 Å². The molecule has 1 aromatic carbocycles. The molecule has 2 rings (SSSR count). The van der Waals surface area contributed by atoms with E-state index in [1.54, 1.807) is 37.3 Å². The zero-order valence-electron chi connectivity index (χ0n) is 9.64. The van der Waals surface area contributed by atoms with Crippen LogP contribution in [0.4, 0.5) is 11.6 Å². The summed E-state index contributed by atoms with van der Waals surface area (Å²) in [7, 11) is 0. The molecule has 0 bridgehead atoms. The maximum absolute atomic E-state index is 11.9. The van der Waals surface area contributed by atoms with Crippen LogP contribution in [0.5, 0.6) is 0 Å². The van der Waals surface area contributed by atoms with E-state index in [9.17, 15) is 4.79 Å². The zero-order valence-corrected chi connectivity index (χ0v) is 10.4. The minimum Gasteiger partial charge on any atom is -0.399 e. The van der Waals surface area contributed by atoms with E-state index in [4.69, 9.17) is 17.3 Å². The first kappa shape index (κ1) is 12.3. The number of halogens is 1. The molecule has 3 N–H and O–H groups in total. The number of carbonyl (C=O) groups is 1. The molecule has 6 heteroatoms. The predicted octanol–water partition coefficient (Wildman–Crippen LogP) is 2.27. The first-order valence-corrected chi connectivity index (χ1v) is 5.60. The van der Waals surface area contributed by atoms with Gasteiger partial charge in [0.25, 0.3) is 5.91 Å². The second-order valence-corrected chi connectivity index (χ2v) is 4.12. The number of benzene rings is 1. The molecule has 1 aromatic heterocycles. The first-order valence-electron chi connectivity index (χ1n) is 5.22. The summed E-state index contributed by atoms with van der Waals surface area (Å²) in [6.45, 7) is 1.77. The summed E-state index contributed by atoms with van der Waals surface area (Å²) in [5.74, 6) is -0.156. The highest BCUT2D eigenvalue weighted by atomic mass is 35.5. The molecule has 0 unspecified atom stereocenters. The number of hydrogen-bond donors (Lipinski definition) is 2. The molecule has 0 spiro atoms. The van der Waals surface area contributed by atoms with Crippen LogP contribution in [0.25, 0.3) is 0 Å². The van der Waals surface area contributed by atoms with Crippen LogP contribution < -0.4 is 11.1 Å². The van der Waals surface area contributed by atoms with Crippen LogP contribution in [0, 0.1) is 6.92 Å². The fraction of sp³-hybridized carbons (Fsp3) is 0.0833. The van der Waals surface area contributed by atoms with Crippen LogP contribution in [0.15, 0.2) is 30.3 Å². The molecule has 1 heterocycles. The van der Waals surface area contributed by atoms with Gasteiger partial charge in [-0.05, 0) is 31.2 Å².